The van der Waals surface area contributed by atoms with Crippen molar-refractivity contribution >= 4 is 17.4 Å². The topological polar surface area (TPSA) is 22.0 Å². The summed E-state index contributed by atoms with van der Waals surface area (Å²) < 4.78 is 51.7. The van der Waals surface area contributed by atoms with Gasteiger partial charge in [0.15, 0.2) is 0 Å². The largest absolute Gasteiger partial charge is 0.454 e. The Morgan fingerprint density at radius 3 is 2.60 bits per heavy atom. The normalized spacial score (nSPS) is 11.7. The minimum absolute atomic E-state index is 0.0163. The van der Waals surface area contributed by atoms with Crippen LogP contribution in [0.25, 0.3) is 0 Å². The van der Waals surface area contributed by atoms with Gasteiger partial charge in [-0.15, -0.1) is 0 Å². The number of carbonyl (C=O) groups excluding carboxylic acids is 1. The number of aromatic nitrogens is 1. The molecule has 20 heavy (non-hydrogen) atoms. The lowest BCUT2D eigenvalue weighted by atomic mass is 10.2. The number of hydrogen-bond donors (Lipinski definition) is 0. The Morgan fingerprint density at radius 2 is 1.95 bits per heavy atom. The van der Waals surface area contributed by atoms with Gasteiger partial charge < -0.3 is 4.57 Å². The van der Waals surface area contributed by atoms with Gasteiger partial charge in [0.25, 0.3) is 5.78 Å². The Hall–Kier alpha value is -1.82. The molecular weight excluding hydrogens is 298 g/mol. The van der Waals surface area contributed by atoms with Crippen LogP contribution in [0.15, 0.2) is 36.7 Å². The summed E-state index contributed by atoms with van der Waals surface area (Å²) in [4.78, 5) is 11.0. The number of carbonyl (C=O) groups is 1. The minimum Gasteiger partial charge on any atom is -0.349 e. The zero-order valence-electron chi connectivity index (χ0n) is 9.92. The zero-order chi connectivity index (χ0) is 14.9. The molecule has 0 saturated carbocycles. The van der Waals surface area contributed by atoms with Gasteiger partial charge in [0.1, 0.15) is 5.82 Å². The molecule has 0 bridgehead atoms. The fourth-order valence-electron chi connectivity index (χ4n) is 1.70. The molecule has 0 aliphatic heterocycles. The first-order valence-electron chi connectivity index (χ1n) is 5.49. The van der Waals surface area contributed by atoms with Crippen molar-refractivity contribution in [2.45, 2.75) is 12.7 Å². The zero-order valence-corrected chi connectivity index (χ0v) is 10.7. The van der Waals surface area contributed by atoms with Crippen molar-refractivity contribution in [3.8, 4) is 0 Å². The van der Waals surface area contributed by atoms with Crippen molar-refractivity contribution in [3.63, 3.8) is 0 Å². The van der Waals surface area contributed by atoms with Crippen LogP contribution in [0.2, 0.25) is 5.02 Å². The molecule has 0 N–H and O–H groups in total. The van der Waals surface area contributed by atoms with E-state index in [-0.39, 0.29) is 17.1 Å². The van der Waals surface area contributed by atoms with E-state index in [1.54, 1.807) is 0 Å². The molecule has 0 aliphatic rings. The van der Waals surface area contributed by atoms with Gasteiger partial charge in [-0.25, -0.2) is 4.39 Å². The maximum absolute atomic E-state index is 13.6. The molecule has 0 radical (unpaired) electrons. The third kappa shape index (κ3) is 3.01. The summed E-state index contributed by atoms with van der Waals surface area (Å²) in [5, 5.41) is -0.0683. The van der Waals surface area contributed by atoms with Crippen LogP contribution in [-0.4, -0.2) is 16.5 Å². The summed E-state index contributed by atoms with van der Waals surface area (Å²) in [6, 6.07) is 5.41. The Morgan fingerprint density at radius 1 is 1.25 bits per heavy atom. The van der Waals surface area contributed by atoms with Crippen molar-refractivity contribution in [3.05, 3.63) is 58.6 Å². The van der Waals surface area contributed by atoms with Crippen LogP contribution in [0, 0.1) is 5.82 Å². The van der Waals surface area contributed by atoms with Crippen LogP contribution >= 0.6 is 11.6 Å². The van der Waals surface area contributed by atoms with Crippen LogP contribution in [-0.2, 0) is 6.54 Å². The Bertz CT molecular complexity index is 648. The van der Waals surface area contributed by atoms with Gasteiger partial charge in [-0.3, -0.25) is 4.79 Å². The number of halogens is 5. The highest BCUT2D eigenvalue weighted by molar-refractivity contribution is 6.30. The monoisotopic (exact) mass is 305 g/mol. The number of Topliss-reactive ketones (excluding diaryl/α,β-unsaturated/α-hetero) is 1. The SMILES string of the molecule is O=C(c1ccn(Cc2cccc(Cl)c2F)c1)C(F)(F)F. The van der Waals surface area contributed by atoms with Gasteiger partial charge in [-0.1, -0.05) is 23.7 Å². The highest BCUT2D eigenvalue weighted by atomic mass is 35.5. The third-order valence-electron chi connectivity index (χ3n) is 2.65. The van der Waals surface area contributed by atoms with Crippen LogP contribution in [0.3, 0.4) is 0 Å². The molecule has 7 heteroatoms. The Balaban J connectivity index is 2.22. The van der Waals surface area contributed by atoms with E-state index in [0.717, 1.165) is 12.3 Å². The fourth-order valence-corrected chi connectivity index (χ4v) is 1.90. The average molecular weight is 306 g/mol. The maximum Gasteiger partial charge on any atom is 0.454 e. The number of alkyl halides is 3. The van der Waals surface area contributed by atoms with Crippen molar-refractivity contribution < 1.29 is 22.4 Å². The summed E-state index contributed by atoms with van der Waals surface area (Å²) in [7, 11) is 0. The van der Waals surface area contributed by atoms with Crippen LogP contribution in [0.5, 0.6) is 0 Å². The van der Waals surface area contributed by atoms with E-state index in [9.17, 15) is 22.4 Å². The number of benzene rings is 1. The van der Waals surface area contributed by atoms with Gasteiger partial charge >= 0.3 is 6.18 Å². The molecule has 1 aromatic heterocycles. The summed E-state index contributed by atoms with van der Waals surface area (Å²) in [5.74, 6) is -2.56. The van der Waals surface area contributed by atoms with Gasteiger partial charge in [-0.2, -0.15) is 13.2 Å². The molecule has 2 aromatic rings. The maximum atomic E-state index is 13.6. The predicted molar refractivity (Wildman–Crippen MR) is 65.3 cm³/mol. The van der Waals surface area contributed by atoms with E-state index in [2.05, 4.69) is 0 Å². The van der Waals surface area contributed by atoms with Crippen LogP contribution < -0.4 is 0 Å². The first-order chi connectivity index (χ1) is 9.29. The van der Waals surface area contributed by atoms with Gasteiger partial charge in [0.05, 0.1) is 5.02 Å². The van der Waals surface area contributed by atoms with Crippen molar-refractivity contribution in [2.75, 3.05) is 0 Å². The summed E-state index contributed by atoms with van der Waals surface area (Å²) in [5.41, 5.74) is -0.265. The smallest absolute Gasteiger partial charge is 0.349 e. The standard InChI is InChI=1S/C13H8ClF4NO/c14-10-3-1-2-8(11(10)15)6-19-5-4-9(7-19)12(20)13(16,17)18/h1-5,7H,6H2. The molecule has 1 heterocycles. The van der Waals surface area contributed by atoms with E-state index >= 15 is 0 Å². The Kier molecular flexibility index (Phi) is 3.85. The molecule has 106 valence electrons. The number of nitrogens with zero attached hydrogens (tertiary/aromatic N) is 1. The van der Waals surface area contributed by atoms with Crippen LogP contribution in [0.1, 0.15) is 15.9 Å². The highest BCUT2D eigenvalue weighted by Gasteiger charge is 2.39. The predicted octanol–water partition coefficient (Wildman–Crippen LogP) is 4.07. The number of hydrogen-bond acceptors (Lipinski definition) is 1. The van der Waals surface area contributed by atoms with Gasteiger partial charge in [0.2, 0.25) is 0 Å². The number of rotatable bonds is 3. The second-order valence-electron chi connectivity index (χ2n) is 4.11. The fraction of sp³-hybridized carbons (Fsp3) is 0.154. The molecule has 0 unspecified atom stereocenters. The van der Waals surface area contributed by atoms with Crippen LogP contribution in [0.4, 0.5) is 17.6 Å². The highest BCUT2D eigenvalue weighted by Crippen LogP contribution is 2.23. The molecule has 0 amide bonds. The molecule has 0 saturated heterocycles. The summed E-state index contributed by atoms with van der Waals surface area (Å²) in [6.45, 7) is -0.0163. The molecular formula is C13H8ClF4NO. The first kappa shape index (κ1) is 14.6. The average Bonchev–Trinajstić information content (AvgIpc) is 2.81. The van der Waals surface area contributed by atoms with Crippen molar-refractivity contribution in [1.29, 1.82) is 0 Å². The second kappa shape index (κ2) is 5.28. The lowest BCUT2D eigenvalue weighted by Crippen LogP contribution is -2.22. The Labute approximate surface area is 116 Å². The first-order valence-corrected chi connectivity index (χ1v) is 5.87. The van der Waals surface area contributed by atoms with E-state index in [4.69, 9.17) is 11.6 Å². The minimum atomic E-state index is -4.92. The van der Waals surface area contributed by atoms with Gasteiger partial charge in [-0.05, 0) is 12.1 Å². The molecule has 0 fully saturated rings. The third-order valence-corrected chi connectivity index (χ3v) is 2.95. The van der Waals surface area contributed by atoms with E-state index in [0.29, 0.717) is 0 Å². The molecule has 2 rings (SSSR count). The summed E-state index contributed by atoms with van der Waals surface area (Å²) in [6.07, 6.45) is -2.62. The van der Waals surface area contributed by atoms with E-state index < -0.39 is 23.3 Å². The van der Waals surface area contributed by atoms with Crippen molar-refractivity contribution in [1.82, 2.24) is 4.57 Å². The molecule has 0 atom stereocenters. The van der Waals surface area contributed by atoms with Gasteiger partial charge in [0, 0.05) is 30.1 Å². The number of ketones is 1. The lowest BCUT2D eigenvalue weighted by molar-refractivity contribution is -0.0885. The molecule has 1 aromatic carbocycles. The quantitative estimate of drug-likeness (QED) is 0.619. The summed E-state index contributed by atoms with van der Waals surface area (Å²) >= 11 is 5.61. The van der Waals surface area contributed by atoms with E-state index in [1.807, 2.05) is 0 Å². The molecule has 0 aliphatic carbocycles. The molecule has 0 spiro atoms. The molecule has 2 nitrogen and oxygen atoms in total. The van der Waals surface area contributed by atoms with Crippen molar-refractivity contribution in [2.24, 2.45) is 0 Å². The van der Waals surface area contributed by atoms with E-state index in [1.165, 1.54) is 29.0 Å². The lowest BCUT2D eigenvalue weighted by Gasteiger charge is -2.06. The second-order valence-corrected chi connectivity index (χ2v) is 4.52.